The molecule has 1 aliphatic heterocycles. The highest BCUT2D eigenvalue weighted by atomic mass is 35.5. The second-order valence-corrected chi connectivity index (χ2v) is 8.67. The predicted molar refractivity (Wildman–Crippen MR) is 80.2 cm³/mol. The molecule has 2 heterocycles. The summed E-state index contributed by atoms with van der Waals surface area (Å²) in [6.45, 7) is 6.85. The van der Waals surface area contributed by atoms with E-state index >= 15 is 0 Å². The van der Waals surface area contributed by atoms with Crippen LogP contribution in [-0.4, -0.2) is 25.3 Å². The molecule has 2 rings (SSSR count). The highest BCUT2D eigenvalue weighted by molar-refractivity contribution is 7.89. The second-order valence-electron chi connectivity index (χ2n) is 5.52. The van der Waals surface area contributed by atoms with Crippen LogP contribution in [0.1, 0.15) is 32.1 Å². The van der Waals surface area contributed by atoms with Crippen molar-refractivity contribution >= 4 is 33.0 Å². The SMILES string of the molecule is CC1CC(C)C(C)N(S(=O)(=O)c2csc(CCl)c2)C1. The van der Waals surface area contributed by atoms with Crippen LogP contribution in [0.25, 0.3) is 0 Å². The fourth-order valence-electron chi connectivity index (χ4n) is 2.68. The van der Waals surface area contributed by atoms with Gasteiger partial charge in [0.05, 0.1) is 10.8 Å². The van der Waals surface area contributed by atoms with E-state index in [-0.39, 0.29) is 6.04 Å². The molecule has 3 nitrogen and oxygen atoms in total. The predicted octanol–water partition coefficient (Wildman–Crippen LogP) is 3.54. The van der Waals surface area contributed by atoms with Crippen LogP contribution in [0.5, 0.6) is 0 Å². The molecule has 3 unspecified atom stereocenters. The van der Waals surface area contributed by atoms with E-state index < -0.39 is 10.0 Å². The monoisotopic (exact) mass is 321 g/mol. The molecule has 1 aromatic heterocycles. The van der Waals surface area contributed by atoms with Gasteiger partial charge >= 0.3 is 0 Å². The molecule has 108 valence electrons. The number of thiophene rings is 1. The maximum atomic E-state index is 12.7. The van der Waals surface area contributed by atoms with Gasteiger partial charge in [0.1, 0.15) is 0 Å². The van der Waals surface area contributed by atoms with Gasteiger partial charge in [-0.25, -0.2) is 8.42 Å². The Bertz CT molecular complexity index is 541. The van der Waals surface area contributed by atoms with E-state index in [1.54, 1.807) is 15.8 Å². The molecule has 0 N–H and O–H groups in total. The van der Waals surface area contributed by atoms with Crippen molar-refractivity contribution in [3.63, 3.8) is 0 Å². The number of halogens is 1. The summed E-state index contributed by atoms with van der Waals surface area (Å²) in [6.07, 6.45) is 1.09. The van der Waals surface area contributed by atoms with Gasteiger partial charge in [-0.3, -0.25) is 0 Å². The first kappa shape index (κ1) is 15.3. The number of nitrogens with zero attached hydrogens (tertiary/aromatic N) is 1. The van der Waals surface area contributed by atoms with Gasteiger partial charge in [0, 0.05) is 22.8 Å². The molecule has 19 heavy (non-hydrogen) atoms. The molecule has 1 fully saturated rings. The smallest absolute Gasteiger partial charge is 0.207 e. The summed E-state index contributed by atoms with van der Waals surface area (Å²) >= 11 is 7.16. The molecule has 0 saturated carbocycles. The molecular formula is C13H20ClNO2S2. The Morgan fingerprint density at radius 3 is 2.68 bits per heavy atom. The molecule has 0 aliphatic carbocycles. The molecular weight excluding hydrogens is 302 g/mol. The maximum Gasteiger partial charge on any atom is 0.244 e. The van der Waals surface area contributed by atoms with Crippen LogP contribution in [0.4, 0.5) is 0 Å². The normalized spacial score (nSPS) is 29.6. The molecule has 0 radical (unpaired) electrons. The van der Waals surface area contributed by atoms with E-state index in [2.05, 4.69) is 13.8 Å². The van der Waals surface area contributed by atoms with E-state index in [1.807, 2.05) is 6.92 Å². The molecule has 1 aliphatic rings. The van der Waals surface area contributed by atoms with Crippen molar-refractivity contribution in [3.05, 3.63) is 16.3 Å². The third-order valence-electron chi connectivity index (χ3n) is 3.91. The van der Waals surface area contributed by atoms with Crippen molar-refractivity contribution in [3.8, 4) is 0 Å². The lowest BCUT2D eigenvalue weighted by Crippen LogP contribution is -2.48. The first-order chi connectivity index (χ1) is 8.86. The minimum atomic E-state index is -3.38. The second kappa shape index (κ2) is 5.72. The van der Waals surface area contributed by atoms with Crippen LogP contribution in [0.3, 0.4) is 0 Å². The lowest BCUT2D eigenvalue weighted by atomic mass is 9.88. The standard InChI is InChI=1S/C13H20ClNO2S2/c1-9-4-10(2)11(3)15(7-9)19(16,17)13-5-12(6-14)18-8-13/h5,8-11H,4,6-7H2,1-3H3. The number of sulfonamides is 1. The lowest BCUT2D eigenvalue weighted by molar-refractivity contribution is 0.157. The molecule has 1 saturated heterocycles. The Morgan fingerprint density at radius 1 is 1.42 bits per heavy atom. The summed E-state index contributed by atoms with van der Waals surface area (Å²) in [5, 5.41) is 1.70. The number of alkyl halides is 1. The van der Waals surface area contributed by atoms with Gasteiger partial charge in [0.2, 0.25) is 10.0 Å². The Balaban J connectivity index is 2.32. The Morgan fingerprint density at radius 2 is 2.11 bits per heavy atom. The molecule has 0 spiro atoms. The van der Waals surface area contributed by atoms with E-state index in [4.69, 9.17) is 11.6 Å². The van der Waals surface area contributed by atoms with E-state index in [0.29, 0.717) is 29.2 Å². The first-order valence-corrected chi connectivity index (χ1v) is 9.37. The van der Waals surface area contributed by atoms with Crippen molar-refractivity contribution in [2.24, 2.45) is 11.8 Å². The fourth-order valence-corrected chi connectivity index (χ4v) is 5.90. The third kappa shape index (κ3) is 2.99. The zero-order valence-corrected chi connectivity index (χ0v) is 13.9. The van der Waals surface area contributed by atoms with Gasteiger partial charge in [0.15, 0.2) is 0 Å². The summed E-state index contributed by atoms with van der Waals surface area (Å²) in [4.78, 5) is 1.28. The van der Waals surface area contributed by atoms with Gasteiger partial charge in [-0.05, 0) is 31.2 Å². The number of piperidine rings is 1. The average molecular weight is 322 g/mol. The van der Waals surface area contributed by atoms with Crippen LogP contribution in [-0.2, 0) is 15.9 Å². The van der Waals surface area contributed by atoms with Crippen LogP contribution in [0.15, 0.2) is 16.3 Å². The van der Waals surface area contributed by atoms with Gasteiger partial charge < -0.3 is 0 Å². The topological polar surface area (TPSA) is 37.4 Å². The molecule has 0 aromatic carbocycles. The van der Waals surface area contributed by atoms with E-state index in [1.165, 1.54) is 11.3 Å². The zero-order chi connectivity index (χ0) is 14.2. The summed E-state index contributed by atoms with van der Waals surface area (Å²) in [5.41, 5.74) is 0. The van der Waals surface area contributed by atoms with E-state index in [9.17, 15) is 8.42 Å². The highest BCUT2D eigenvalue weighted by Gasteiger charge is 2.37. The zero-order valence-electron chi connectivity index (χ0n) is 11.5. The van der Waals surface area contributed by atoms with Crippen LogP contribution in [0, 0.1) is 11.8 Å². The highest BCUT2D eigenvalue weighted by Crippen LogP contribution is 2.33. The van der Waals surface area contributed by atoms with Crippen molar-refractivity contribution in [2.45, 2.75) is 44.0 Å². The Kier molecular flexibility index (Phi) is 4.60. The van der Waals surface area contributed by atoms with E-state index in [0.717, 1.165) is 11.3 Å². The van der Waals surface area contributed by atoms with Crippen molar-refractivity contribution in [2.75, 3.05) is 6.54 Å². The van der Waals surface area contributed by atoms with Crippen LogP contribution in [0.2, 0.25) is 0 Å². The number of rotatable bonds is 3. The van der Waals surface area contributed by atoms with Crippen molar-refractivity contribution < 1.29 is 8.42 Å². The number of hydrogen-bond acceptors (Lipinski definition) is 3. The minimum Gasteiger partial charge on any atom is -0.207 e. The summed E-state index contributed by atoms with van der Waals surface area (Å²) in [5.74, 6) is 1.17. The third-order valence-corrected chi connectivity index (χ3v) is 7.37. The Labute approximate surface area is 124 Å². The Hall–Kier alpha value is -0.100. The minimum absolute atomic E-state index is 0.0561. The van der Waals surface area contributed by atoms with Crippen LogP contribution >= 0.6 is 22.9 Å². The van der Waals surface area contributed by atoms with Gasteiger partial charge in [-0.2, -0.15) is 4.31 Å². The summed E-state index contributed by atoms with van der Waals surface area (Å²) in [6, 6.07) is 1.75. The van der Waals surface area contributed by atoms with Crippen molar-refractivity contribution in [1.29, 1.82) is 0 Å². The molecule has 3 atom stereocenters. The quantitative estimate of drug-likeness (QED) is 0.798. The number of hydrogen-bond donors (Lipinski definition) is 0. The molecule has 0 bridgehead atoms. The van der Waals surface area contributed by atoms with Gasteiger partial charge in [-0.1, -0.05) is 13.8 Å². The largest absolute Gasteiger partial charge is 0.244 e. The van der Waals surface area contributed by atoms with Crippen molar-refractivity contribution in [1.82, 2.24) is 4.31 Å². The van der Waals surface area contributed by atoms with Crippen LogP contribution < -0.4 is 0 Å². The average Bonchev–Trinajstić information content (AvgIpc) is 2.83. The molecule has 0 amide bonds. The maximum absolute atomic E-state index is 12.7. The molecule has 6 heteroatoms. The molecule has 1 aromatic rings. The first-order valence-electron chi connectivity index (χ1n) is 6.51. The summed E-state index contributed by atoms with van der Waals surface area (Å²) < 4.78 is 27.1. The fraction of sp³-hybridized carbons (Fsp3) is 0.692. The summed E-state index contributed by atoms with van der Waals surface area (Å²) in [7, 11) is -3.38. The lowest BCUT2D eigenvalue weighted by Gasteiger charge is -2.39. The van der Waals surface area contributed by atoms with Gasteiger partial charge in [0.25, 0.3) is 0 Å². The van der Waals surface area contributed by atoms with Gasteiger partial charge in [-0.15, -0.1) is 22.9 Å².